The van der Waals surface area contributed by atoms with Crippen molar-refractivity contribution in [3.05, 3.63) is 34.6 Å². The van der Waals surface area contributed by atoms with Gasteiger partial charge in [-0.3, -0.25) is 4.79 Å². The van der Waals surface area contributed by atoms with Gasteiger partial charge in [-0.2, -0.15) is 0 Å². The number of benzene rings is 1. The van der Waals surface area contributed by atoms with E-state index in [1.807, 2.05) is 6.92 Å². The number of hydrogen-bond acceptors (Lipinski definition) is 1. The molecule has 1 fully saturated rings. The van der Waals surface area contributed by atoms with E-state index >= 15 is 0 Å². The summed E-state index contributed by atoms with van der Waals surface area (Å²) >= 11 is 0. The van der Waals surface area contributed by atoms with Crippen molar-refractivity contribution in [1.29, 1.82) is 0 Å². The lowest BCUT2D eigenvalue weighted by Gasteiger charge is -2.26. The first-order valence-electron chi connectivity index (χ1n) is 6.87. The largest absolute Gasteiger partial charge is 0.300 e. The lowest BCUT2D eigenvalue weighted by atomic mass is 9.79. The van der Waals surface area contributed by atoms with Gasteiger partial charge in [0.15, 0.2) is 0 Å². The highest BCUT2D eigenvalue weighted by Gasteiger charge is 2.22. The summed E-state index contributed by atoms with van der Waals surface area (Å²) in [6.45, 7) is 3.45. The number of hydrogen-bond donors (Lipinski definition) is 0. The fourth-order valence-corrected chi connectivity index (χ4v) is 3.14. The van der Waals surface area contributed by atoms with Crippen LogP contribution in [0.1, 0.15) is 61.6 Å². The van der Waals surface area contributed by atoms with E-state index in [0.717, 1.165) is 29.5 Å². The highest BCUT2D eigenvalue weighted by molar-refractivity contribution is 5.78. The Kier molecular flexibility index (Phi) is 4.15. The molecule has 2 heteroatoms. The van der Waals surface area contributed by atoms with Crippen LogP contribution in [0, 0.1) is 12.7 Å². The molecule has 0 aromatic heterocycles. The summed E-state index contributed by atoms with van der Waals surface area (Å²) < 4.78 is 13.8. The summed E-state index contributed by atoms with van der Waals surface area (Å²) in [6, 6.07) is 3.30. The molecular formula is C16H21FO. The van der Waals surface area contributed by atoms with Crippen LogP contribution < -0.4 is 0 Å². The van der Waals surface area contributed by atoms with Crippen LogP contribution in [0.5, 0.6) is 0 Å². The number of halogens is 1. The fraction of sp³-hybridized carbons (Fsp3) is 0.562. The summed E-state index contributed by atoms with van der Waals surface area (Å²) in [5.41, 5.74) is 2.90. The number of carbonyl (C=O) groups is 1. The van der Waals surface area contributed by atoms with E-state index in [0.29, 0.717) is 12.3 Å². The van der Waals surface area contributed by atoms with Crippen LogP contribution in [0.2, 0.25) is 0 Å². The monoisotopic (exact) mass is 248 g/mol. The number of carbonyl (C=O) groups excluding carboxylic acids is 1. The lowest BCUT2D eigenvalue weighted by Crippen LogP contribution is -2.12. The van der Waals surface area contributed by atoms with Crippen LogP contribution in [-0.4, -0.2) is 5.78 Å². The Morgan fingerprint density at radius 3 is 2.56 bits per heavy atom. The Balaban J connectivity index is 2.40. The minimum Gasteiger partial charge on any atom is -0.300 e. The van der Waals surface area contributed by atoms with Crippen LogP contribution in [0.15, 0.2) is 12.1 Å². The number of Topliss-reactive ketones (excluding diaryl/α,β-unsaturated/α-hetero) is 1. The summed E-state index contributed by atoms with van der Waals surface area (Å²) in [5.74, 6) is 0.463. The Morgan fingerprint density at radius 1 is 1.28 bits per heavy atom. The van der Waals surface area contributed by atoms with Crippen molar-refractivity contribution in [1.82, 2.24) is 0 Å². The van der Waals surface area contributed by atoms with E-state index < -0.39 is 0 Å². The third-order valence-electron chi connectivity index (χ3n) is 3.99. The quantitative estimate of drug-likeness (QED) is 0.778. The van der Waals surface area contributed by atoms with Gasteiger partial charge in [0.1, 0.15) is 11.6 Å². The molecule has 0 atom stereocenters. The molecule has 0 radical (unpaired) electrons. The Hall–Kier alpha value is -1.18. The van der Waals surface area contributed by atoms with Gasteiger partial charge in [0.2, 0.25) is 0 Å². The minimum absolute atomic E-state index is 0.136. The van der Waals surface area contributed by atoms with Crippen molar-refractivity contribution < 1.29 is 9.18 Å². The zero-order chi connectivity index (χ0) is 13.1. The molecule has 0 spiro atoms. The second-order valence-corrected chi connectivity index (χ2v) is 5.46. The third-order valence-corrected chi connectivity index (χ3v) is 3.99. The molecule has 0 amide bonds. The average Bonchev–Trinajstić information content (AvgIpc) is 2.35. The van der Waals surface area contributed by atoms with Crippen LogP contribution in [0.4, 0.5) is 4.39 Å². The first kappa shape index (κ1) is 13.3. The first-order chi connectivity index (χ1) is 8.59. The zero-order valence-corrected chi connectivity index (χ0v) is 11.3. The summed E-state index contributed by atoms with van der Waals surface area (Å²) in [4.78, 5) is 11.4. The van der Waals surface area contributed by atoms with Crippen LogP contribution in [-0.2, 0) is 11.2 Å². The van der Waals surface area contributed by atoms with E-state index in [1.54, 1.807) is 13.0 Å². The van der Waals surface area contributed by atoms with Gasteiger partial charge in [-0.25, -0.2) is 4.39 Å². The Labute approximate surface area is 108 Å². The summed E-state index contributed by atoms with van der Waals surface area (Å²) in [7, 11) is 0. The molecular weight excluding hydrogens is 227 g/mol. The van der Waals surface area contributed by atoms with E-state index in [1.165, 1.54) is 25.3 Å². The maximum Gasteiger partial charge on any atom is 0.134 e. The first-order valence-corrected chi connectivity index (χ1v) is 6.87. The molecule has 0 heterocycles. The van der Waals surface area contributed by atoms with Gasteiger partial charge in [0, 0.05) is 6.42 Å². The fourth-order valence-electron chi connectivity index (χ4n) is 3.14. The van der Waals surface area contributed by atoms with Gasteiger partial charge in [0.05, 0.1) is 0 Å². The van der Waals surface area contributed by atoms with Gasteiger partial charge >= 0.3 is 0 Å². The molecule has 0 saturated heterocycles. The van der Waals surface area contributed by atoms with E-state index in [9.17, 15) is 9.18 Å². The van der Waals surface area contributed by atoms with E-state index in [4.69, 9.17) is 0 Å². The molecule has 0 unspecified atom stereocenters. The lowest BCUT2D eigenvalue weighted by molar-refractivity contribution is -0.116. The Morgan fingerprint density at radius 2 is 1.94 bits per heavy atom. The van der Waals surface area contributed by atoms with Gasteiger partial charge in [0.25, 0.3) is 0 Å². The Bertz CT molecular complexity index is 445. The molecule has 0 N–H and O–H groups in total. The maximum absolute atomic E-state index is 13.8. The van der Waals surface area contributed by atoms with E-state index in [2.05, 4.69) is 0 Å². The summed E-state index contributed by atoms with van der Waals surface area (Å²) in [6.07, 6.45) is 6.44. The predicted octanol–water partition coefficient (Wildman–Crippen LogP) is 4.31. The zero-order valence-electron chi connectivity index (χ0n) is 11.3. The number of rotatable bonds is 3. The molecule has 1 aromatic carbocycles. The number of ketones is 1. The molecule has 98 valence electrons. The summed E-state index contributed by atoms with van der Waals surface area (Å²) in [5, 5.41) is 0. The average molecular weight is 248 g/mol. The molecule has 1 saturated carbocycles. The van der Waals surface area contributed by atoms with Gasteiger partial charge in [-0.05, 0) is 55.4 Å². The van der Waals surface area contributed by atoms with Crippen molar-refractivity contribution in [2.75, 3.05) is 0 Å². The normalized spacial score (nSPS) is 16.8. The van der Waals surface area contributed by atoms with Crippen molar-refractivity contribution >= 4 is 5.78 Å². The maximum atomic E-state index is 13.8. The van der Waals surface area contributed by atoms with Gasteiger partial charge < -0.3 is 0 Å². The molecule has 18 heavy (non-hydrogen) atoms. The second-order valence-electron chi connectivity index (χ2n) is 5.46. The molecule has 1 nitrogen and oxygen atoms in total. The topological polar surface area (TPSA) is 17.1 Å². The van der Waals surface area contributed by atoms with Gasteiger partial charge in [-0.1, -0.05) is 25.3 Å². The van der Waals surface area contributed by atoms with E-state index in [-0.39, 0.29) is 11.6 Å². The molecule has 1 aliphatic rings. The third kappa shape index (κ3) is 2.80. The predicted molar refractivity (Wildman–Crippen MR) is 71.3 cm³/mol. The van der Waals surface area contributed by atoms with Crippen LogP contribution in [0.25, 0.3) is 0 Å². The standard InChI is InChI=1S/C16H21FO/c1-11(18)10-14-8-9-15(17)12(2)16(14)13-6-4-3-5-7-13/h8-9,13H,3-7,10H2,1-2H3. The van der Waals surface area contributed by atoms with Crippen LogP contribution >= 0.6 is 0 Å². The van der Waals surface area contributed by atoms with Crippen molar-refractivity contribution in [3.63, 3.8) is 0 Å². The van der Waals surface area contributed by atoms with Crippen molar-refractivity contribution in [2.24, 2.45) is 0 Å². The molecule has 0 bridgehead atoms. The molecule has 2 rings (SSSR count). The highest BCUT2D eigenvalue weighted by Crippen LogP contribution is 2.37. The minimum atomic E-state index is -0.136. The molecule has 0 aliphatic heterocycles. The second kappa shape index (κ2) is 5.64. The van der Waals surface area contributed by atoms with Crippen molar-refractivity contribution in [3.8, 4) is 0 Å². The molecule has 1 aromatic rings. The van der Waals surface area contributed by atoms with Gasteiger partial charge in [-0.15, -0.1) is 0 Å². The highest BCUT2D eigenvalue weighted by atomic mass is 19.1. The smallest absolute Gasteiger partial charge is 0.134 e. The molecule has 1 aliphatic carbocycles. The SMILES string of the molecule is CC(=O)Cc1ccc(F)c(C)c1C1CCCCC1. The van der Waals surface area contributed by atoms with Crippen molar-refractivity contribution in [2.45, 2.75) is 58.3 Å². The van der Waals surface area contributed by atoms with Crippen LogP contribution in [0.3, 0.4) is 0 Å².